The van der Waals surface area contributed by atoms with Gasteiger partial charge in [-0.25, -0.2) is 5.32 Å². The molecule has 1 fully saturated rings. The van der Waals surface area contributed by atoms with Crippen molar-refractivity contribution in [2.24, 2.45) is 0 Å². The van der Waals surface area contributed by atoms with Crippen LogP contribution in [0.3, 0.4) is 0 Å². The van der Waals surface area contributed by atoms with E-state index in [-0.39, 0.29) is 27.8 Å². The van der Waals surface area contributed by atoms with Gasteiger partial charge in [0.1, 0.15) is 5.25 Å². The van der Waals surface area contributed by atoms with Gasteiger partial charge in [-0.2, -0.15) is 0 Å². The molecule has 147 valence electrons. The molecule has 1 radical (unpaired) electrons. The van der Waals surface area contributed by atoms with Gasteiger partial charge in [0, 0.05) is 24.3 Å². The zero-order valence-electron chi connectivity index (χ0n) is 16.2. The number of β-lactam (4-membered cyclic amide) rings is 1. The molecule has 1 aliphatic rings. The first-order valence-electron chi connectivity index (χ1n) is 8.76. The van der Waals surface area contributed by atoms with E-state index >= 15 is 0 Å². The van der Waals surface area contributed by atoms with Gasteiger partial charge in [0.05, 0.1) is 11.0 Å². The van der Waals surface area contributed by atoms with Crippen molar-refractivity contribution in [1.29, 1.82) is 0 Å². The molecule has 0 aromatic heterocycles. The Morgan fingerprint density at radius 1 is 1.30 bits per heavy atom. The first kappa shape index (κ1) is 21.6. The van der Waals surface area contributed by atoms with Crippen molar-refractivity contribution in [2.75, 3.05) is 6.61 Å². The number of rotatable bonds is 7. The Labute approximate surface area is 164 Å². The van der Waals surface area contributed by atoms with Crippen LogP contribution in [0.2, 0.25) is 18.1 Å². The Morgan fingerprint density at radius 3 is 2.37 bits per heavy atom. The zero-order chi connectivity index (χ0) is 20.4. The molecule has 1 saturated heterocycles. The normalized spacial score (nSPS) is 20.0. The van der Waals surface area contributed by atoms with Crippen molar-refractivity contribution in [1.82, 2.24) is 5.32 Å². The summed E-state index contributed by atoms with van der Waals surface area (Å²) in [5.41, 5.74) is 0.258. The summed E-state index contributed by atoms with van der Waals surface area (Å²) in [5, 5.41) is 14.0. The molecule has 1 amide bonds. The monoisotopic (exact) mass is 409 g/mol. The summed E-state index contributed by atoms with van der Waals surface area (Å²) < 4.78 is 6.12. The van der Waals surface area contributed by atoms with Crippen LogP contribution in [0.5, 0.6) is 0 Å². The van der Waals surface area contributed by atoms with E-state index in [1.54, 1.807) is 0 Å². The lowest BCUT2D eigenvalue weighted by Crippen LogP contribution is -2.56. The van der Waals surface area contributed by atoms with E-state index in [4.69, 9.17) is 4.43 Å². The van der Waals surface area contributed by atoms with Gasteiger partial charge in [-0.15, -0.1) is 0 Å². The largest absolute Gasteiger partial charge is 0.417 e. The molecule has 7 nitrogen and oxygen atoms in total. The molecular weight excluding hydrogens is 384 g/mol. The van der Waals surface area contributed by atoms with Crippen molar-refractivity contribution in [3.8, 4) is 0 Å². The smallest absolute Gasteiger partial charge is 0.269 e. The number of hydrogen-bond acceptors (Lipinski definition) is 6. The minimum absolute atomic E-state index is 0.0769. The van der Waals surface area contributed by atoms with Gasteiger partial charge in [0.25, 0.3) is 11.6 Å². The maximum absolute atomic E-state index is 12.4. The predicted molar refractivity (Wildman–Crippen MR) is 108 cm³/mol. The van der Waals surface area contributed by atoms with Gasteiger partial charge in [-0.05, 0) is 36.7 Å². The van der Waals surface area contributed by atoms with E-state index in [9.17, 15) is 19.7 Å². The quantitative estimate of drug-likeness (QED) is 0.294. The van der Waals surface area contributed by atoms with E-state index in [0.29, 0.717) is 18.6 Å². The second-order valence-electron chi connectivity index (χ2n) is 8.06. The number of nitro benzene ring substituents is 1. The van der Waals surface area contributed by atoms with Gasteiger partial charge in [0.15, 0.2) is 8.32 Å². The summed E-state index contributed by atoms with van der Waals surface area (Å²) >= 11 is 0.937. The van der Waals surface area contributed by atoms with Crippen LogP contribution in [0.25, 0.3) is 0 Å². The van der Waals surface area contributed by atoms with Crippen molar-refractivity contribution in [3.05, 3.63) is 39.9 Å². The molecule has 0 bridgehead atoms. The van der Waals surface area contributed by atoms with E-state index in [0.717, 1.165) is 11.8 Å². The SMILES string of the molecule is CC(C)(C)[Si](C)(C)OCC[C@H]1[N]C(=O)[C@H]1SC(=O)c1ccc([N+](=O)[O-])cc1. The van der Waals surface area contributed by atoms with Crippen LogP contribution in [0.4, 0.5) is 5.69 Å². The third-order valence-electron chi connectivity index (χ3n) is 5.12. The summed E-state index contributed by atoms with van der Waals surface area (Å²) in [6, 6.07) is 5.15. The lowest BCUT2D eigenvalue weighted by atomic mass is 10.0. The van der Waals surface area contributed by atoms with Gasteiger partial charge >= 0.3 is 0 Å². The van der Waals surface area contributed by atoms with Crippen LogP contribution in [-0.4, -0.2) is 42.2 Å². The molecule has 0 saturated carbocycles. The van der Waals surface area contributed by atoms with Crippen LogP contribution in [0.15, 0.2) is 24.3 Å². The molecular formula is C18H25N2O5SSi. The molecule has 1 aromatic carbocycles. The zero-order valence-corrected chi connectivity index (χ0v) is 18.0. The van der Waals surface area contributed by atoms with Crippen molar-refractivity contribution in [2.45, 2.75) is 56.6 Å². The van der Waals surface area contributed by atoms with Gasteiger partial charge < -0.3 is 4.43 Å². The molecule has 1 aromatic rings. The second-order valence-corrected chi connectivity index (χ2v) is 14.0. The number of carbonyl (C=O) groups excluding carboxylic acids is 2. The molecule has 1 heterocycles. The predicted octanol–water partition coefficient (Wildman–Crippen LogP) is 3.76. The van der Waals surface area contributed by atoms with Crippen molar-refractivity contribution < 1.29 is 18.9 Å². The number of nitro groups is 1. The average Bonchev–Trinajstić information content (AvgIpc) is 2.57. The number of non-ortho nitro benzene ring substituents is 1. The van der Waals surface area contributed by atoms with Crippen LogP contribution in [-0.2, 0) is 9.22 Å². The van der Waals surface area contributed by atoms with Crippen molar-refractivity contribution >= 4 is 36.8 Å². The molecule has 2 rings (SSSR count). The third-order valence-corrected chi connectivity index (χ3v) is 10.9. The molecule has 27 heavy (non-hydrogen) atoms. The van der Waals surface area contributed by atoms with Crippen molar-refractivity contribution in [3.63, 3.8) is 0 Å². The fourth-order valence-electron chi connectivity index (χ4n) is 2.29. The van der Waals surface area contributed by atoms with Gasteiger partial charge in [-0.1, -0.05) is 32.5 Å². The van der Waals surface area contributed by atoms with E-state index in [1.165, 1.54) is 24.3 Å². The molecule has 9 heteroatoms. The molecule has 2 atom stereocenters. The first-order valence-corrected chi connectivity index (χ1v) is 12.6. The van der Waals surface area contributed by atoms with Gasteiger partial charge in [-0.3, -0.25) is 19.7 Å². The Kier molecular flexibility index (Phi) is 6.49. The van der Waals surface area contributed by atoms with E-state index in [1.807, 2.05) is 0 Å². The highest BCUT2D eigenvalue weighted by atomic mass is 32.2. The highest BCUT2D eigenvalue weighted by Crippen LogP contribution is 2.37. The highest BCUT2D eigenvalue weighted by Gasteiger charge is 2.44. The standard InChI is InChI=1S/C18H25N2O5SSi/c1-18(2,3)27(4,5)25-11-10-14-15(16(21)19-14)26-17(22)12-6-8-13(9-7-12)20(23)24/h6-9,14-15H,10-11H2,1-5H3/t14-,15+/m1/s1. The van der Waals surface area contributed by atoms with Crippen LogP contribution < -0.4 is 5.32 Å². The Hall–Kier alpha value is -1.71. The number of carbonyl (C=O) groups is 2. The summed E-state index contributed by atoms with van der Waals surface area (Å²) in [5.74, 6) is -0.285. The molecule has 1 aliphatic heterocycles. The molecule has 0 aliphatic carbocycles. The minimum atomic E-state index is -1.85. The fraction of sp³-hybridized carbons (Fsp3) is 0.556. The van der Waals surface area contributed by atoms with Crippen LogP contribution >= 0.6 is 11.8 Å². The maximum Gasteiger partial charge on any atom is 0.269 e. The van der Waals surface area contributed by atoms with Crippen LogP contribution in [0, 0.1) is 10.1 Å². The third kappa shape index (κ3) is 5.17. The number of hydrogen-bond donors (Lipinski definition) is 0. The Morgan fingerprint density at radius 2 is 1.89 bits per heavy atom. The number of thioether (sulfide) groups is 1. The molecule has 0 N–H and O–H groups in total. The maximum atomic E-state index is 12.4. The average molecular weight is 410 g/mol. The lowest BCUT2D eigenvalue weighted by molar-refractivity contribution is -0.384. The molecule has 0 unspecified atom stereocenters. The van der Waals surface area contributed by atoms with Gasteiger partial charge in [0.2, 0.25) is 5.12 Å². The number of nitrogens with zero attached hydrogens (tertiary/aromatic N) is 2. The lowest BCUT2D eigenvalue weighted by Gasteiger charge is -2.38. The van der Waals surface area contributed by atoms with Crippen LogP contribution in [0.1, 0.15) is 37.6 Å². The summed E-state index contributed by atoms with van der Waals surface area (Å²) in [6.07, 6.45) is 0.601. The second kappa shape index (κ2) is 8.11. The van der Waals surface area contributed by atoms with E-state index < -0.39 is 18.5 Å². The Balaban J connectivity index is 1.89. The number of amides is 1. The summed E-state index contributed by atoms with van der Waals surface area (Å²) in [6.45, 7) is 11.3. The fourth-order valence-corrected chi connectivity index (χ4v) is 4.37. The van der Waals surface area contributed by atoms with E-state index in [2.05, 4.69) is 39.2 Å². The minimum Gasteiger partial charge on any atom is -0.417 e. The first-order chi connectivity index (χ1) is 12.4. The topological polar surface area (TPSA) is 101 Å². The summed E-state index contributed by atoms with van der Waals surface area (Å²) in [4.78, 5) is 34.3. The highest BCUT2D eigenvalue weighted by molar-refractivity contribution is 8.15. The Bertz CT molecular complexity index is 730. The summed E-state index contributed by atoms with van der Waals surface area (Å²) in [7, 11) is -1.85. The number of benzene rings is 1. The molecule has 0 spiro atoms.